The van der Waals surface area contributed by atoms with E-state index in [1.165, 1.54) is 13.2 Å². The number of nitrogens with zero attached hydrogens (tertiary/aromatic N) is 1. The summed E-state index contributed by atoms with van der Waals surface area (Å²) in [5, 5.41) is 0. The Morgan fingerprint density at radius 2 is 2.06 bits per heavy atom. The van der Waals surface area contributed by atoms with Gasteiger partial charge in [-0.1, -0.05) is 6.07 Å². The third kappa shape index (κ3) is 3.03. The van der Waals surface area contributed by atoms with E-state index in [-0.39, 0.29) is 11.6 Å². The molecule has 4 heteroatoms. The number of likely N-dealkylation sites (tertiary alicyclic amines) is 1. The molecule has 0 bridgehead atoms. The molecule has 17 heavy (non-hydrogen) atoms. The summed E-state index contributed by atoms with van der Waals surface area (Å²) in [7, 11) is 1.45. The fourth-order valence-corrected chi connectivity index (χ4v) is 2.03. The standard InChI is InChI=1S/C13H16FNO2/c1-17-13-3-2-10(8-12(13)14)9-15-6-4-11(16)5-7-15/h2-3,8H,4-7,9H2,1H3. The first-order valence-electron chi connectivity index (χ1n) is 5.75. The maximum atomic E-state index is 13.5. The van der Waals surface area contributed by atoms with Crippen LogP contribution in [0.15, 0.2) is 18.2 Å². The van der Waals surface area contributed by atoms with E-state index < -0.39 is 0 Å². The van der Waals surface area contributed by atoms with Crippen LogP contribution in [-0.4, -0.2) is 30.9 Å². The van der Waals surface area contributed by atoms with Crippen LogP contribution in [-0.2, 0) is 11.3 Å². The van der Waals surface area contributed by atoms with E-state index in [9.17, 15) is 9.18 Å². The van der Waals surface area contributed by atoms with Crippen molar-refractivity contribution >= 4 is 5.78 Å². The zero-order valence-corrected chi connectivity index (χ0v) is 9.91. The summed E-state index contributed by atoms with van der Waals surface area (Å²) in [6, 6.07) is 4.99. The predicted octanol–water partition coefficient (Wildman–Crippen LogP) is 2.00. The van der Waals surface area contributed by atoms with Gasteiger partial charge in [-0.2, -0.15) is 0 Å². The van der Waals surface area contributed by atoms with Crippen LogP contribution in [0.3, 0.4) is 0 Å². The Labute approximate surface area is 100 Å². The second-order valence-electron chi connectivity index (χ2n) is 4.28. The topological polar surface area (TPSA) is 29.5 Å². The van der Waals surface area contributed by atoms with E-state index in [4.69, 9.17) is 4.74 Å². The normalized spacial score (nSPS) is 17.2. The van der Waals surface area contributed by atoms with Gasteiger partial charge in [-0.15, -0.1) is 0 Å². The van der Waals surface area contributed by atoms with Gasteiger partial charge in [0.2, 0.25) is 0 Å². The van der Waals surface area contributed by atoms with Crippen molar-refractivity contribution in [3.05, 3.63) is 29.6 Å². The van der Waals surface area contributed by atoms with Crippen molar-refractivity contribution in [3.8, 4) is 5.75 Å². The van der Waals surface area contributed by atoms with Crippen molar-refractivity contribution in [2.75, 3.05) is 20.2 Å². The number of carbonyl (C=O) groups is 1. The molecule has 1 aromatic carbocycles. The van der Waals surface area contributed by atoms with Gasteiger partial charge < -0.3 is 4.74 Å². The Morgan fingerprint density at radius 3 is 2.65 bits per heavy atom. The number of halogens is 1. The highest BCUT2D eigenvalue weighted by Crippen LogP contribution is 2.19. The molecule has 0 radical (unpaired) electrons. The van der Waals surface area contributed by atoms with Crippen LogP contribution in [0, 0.1) is 5.82 Å². The lowest BCUT2D eigenvalue weighted by Gasteiger charge is -2.25. The second-order valence-corrected chi connectivity index (χ2v) is 4.28. The highest BCUT2D eigenvalue weighted by Gasteiger charge is 2.16. The quantitative estimate of drug-likeness (QED) is 0.805. The smallest absolute Gasteiger partial charge is 0.165 e. The van der Waals surface area contributed by atoms with Crippen molar-refractivity contribution in [2.45, 2.75) is 19.4 Å². The summed E-state index contributed by atoms with van der Waals surface area (Å²) in [6.45, 7) is 2.23. The van der Waals surface area contributed by atoms with Crippen LogP contribution in [0.1, 0.15) is 18.4 Å². The van der Waals surface area contributed by atoms with Crippen LogP contribution >= 0.6 is 0 Å². The molecule has 92 valence electrons. The second kappa shape index (κ2) is 5.27. The fraction of sp³-hybridized carbons (Fsp3) is 0.462. The van der Waals surface area contributed by atoms with Crippen LogP contribution < -0.4 is 4.74 Å². The highest BCUT2D eigenvalue weighted by molar-refractivity contribution is 5.79. The minimum Gasteiger partial charge on any atom is -0.494 e. The maximum Gasteiger partial charge on any atom is 0.165 e. The Balaban J connectivity index is 1.99. The lowest BCUT2D eigenvalue weighted by molar-refractivity contribution is -0.121. The van der Waals surface area contributed by atoms with Gasteiger partial charge in [0.15, 0.2) is 11.6 Å². The number of hydrogen-bond acceptors (Lipinski definition) is 3. The van der Waals surface area contributed by atoms with Gasteiger partial charge in [-0.05, 0) is 17.7 Å². The average Bonchev–Trinajstić information content (AvgIpc) is 2.32. The molecule has 0 atom stereocenters. The number of Topliss-reactive ketones (excluding diaryl/α,β-unsaturated/α-hetero) is 1. The van der Waals surface area contributed by atoms with E-state index in [0.29, 0.717) is 25.2 Å². The van der Waals surface area contributed by atoms with E-state index in [1.807, 2.05) is 6.07 Å². The SMILES string of the molecule is COc1ccc(CN2CCC(=O)CC2)cc1F. The number of ether oxygens (including phenoxy) is 1. The van der Waals surface area contributed by atoms with Gasteiger partial charge in [0.05, 0.1) is 7.11 Å². The number of hydrogen-bond donors (Lipinski definition) is 0. The van der Waals surface area contributed by atoms with Gasteiger partial charge in [-0.3, -0.25) is 9.69 Å². The van der Waals surface area contributed by atoms with Crippen molar-refractivity contribution < 1.29 is 13.9 Å². The molecule has 3 nitrogen and oxygen atoms in total. The van der Waals surface area contributed by atoms with Crippen molar-refractivity contribution in [1.82, 2.24) is 4.90 Å². The lowest BCUT2D eigenvalue weighted by Crippen LogP contribution is -2.33. The molecule has 1 aliphatic rings. The maximum absolute atomic E-state index is 13.5. The molecule has 1 heterocycles. The molecular formula is C13H16FNO2. The van der Waals surface area contributed by atoms with Gasteiger partial charge in [0.1, 0.15) is 5.78 Å². The van der Waals surface area contributed by atoms with E-state index >= 15 is 0 Å². The minimum atomic E-state index is -0.335. The first-order chi connectivity index (χ1) is 8.19. The summed E-state index contributed by atoms with van der Waals surface area (Å²) in [5.74, 6) is 0.253. The Hall–Kier alpha value is -1.42. The zero-order chi connectivity index (χ0) is 12.3. The van der Waals surface area contributed by atoms with Crippen molar-refractivity contribution in [2.24, 2.45) is 0 Å². The molecule has 0 amide bonds. The molecule has 1 aromatic rings. The molecule has 0 unspecified atom stereocenters. The predicted molar refractivity (Wildman–Crippen MR) is 62.5 cm³/mol. The lowest BCUT2D eigenvalue weighted by atomic mass is 10.1. The van der Waals surface area contributed by atoms with Crippen LogP contribution in [0.5, 0.6) is 5.75 Å². The molecule has 0 aliphatic carbocycles. The summed E-state index contributed by atoms with van der Waals surface area (Å²) in [4.78, 5) is 13.3. The molecule has 0 aromatic heterocycles. The van der Waals surface area contributed by atoms with Gasteiger partial charge in [-0.25, -0.2) is 4.39 Å². The number of piperidine rings is 1. The molecule has 0 N–H and O–H groups in total. The third-order valence-corrected chi connectivity index (χ3v) is 3.04. The molecule has 1 saturated heterocycles. The summed E-state index contributed by atoms with van der Waals surface area (Å²) in [5.41, 5.74) is 0.914. The van der Waals surface area contributed by atoms with Crippen LogP contribution in [0.2, 0.25) is 0 Å². The van der Waals surface area contributed by atoms with Gasteiger partial charge >= 0.3 is 0 Å². The minimum absolute atomic E-state index is 0.266. The third-order valence-electron chi connectivity index (χ3n) is 3.04. The first kappa shape index (κ1) is 12.0. The molecule has 0 spiro atoms. The fourth-order valence-electron chi connectivity index (χ4n) is 2.03. The Morgan fingerprint density at radius 1 is 1.35 bits per heavy atom. The summed E-state index contributed by atoms with van der Waals surface area (Å²) >= 11 is 0. The summed E-state index contributed by atoms with van der Waals surface area (Å²) < 4.78 is 18.3. The van der Waals surface area contributed by atoms with Gasteiger partial charge in [0.25, 0.3) is 0 Å². The molecule has 1 fully saturated rings. The van der Waals surface area contributed by atoms with E-state index in [2.05, 4.69) is 4.90 Å². The molecule has 2 rings (SSSR count). The number of ketones is 1. The van der Waals surface area contributed by atoms with E-state index in [1.54, 1.807) is 6.07 Å². The highest BCUT2D eigenvalue weighted by atomic mass is 19.1. The van der Waals surface area contributed by atoms with Crippen LogP contribution in [0.4, 0.5) is 4.39 Å². The van der Waals surface area contributed by atoms with Crippen molar-refractivity contribution in [1.29, 1.82) is 0 Å². The number of methoxy groups -OCH3 is 1. The molecular weight excluding hydrogens is 221 g/mol. The number of rotatable bonds is 3. The van der Waals surface area contributed by atoms with Crippen molar-refractivity contribution in [3.63, 3.8) is 0 Å². The summed E-state index contributed by atoms with van der Waals surface area (Å²) in [6.07, 6.45) is 1.22. The Bertz CT molecular complexity index is 410. The zero-order valence-electron chi connectivity index (χ0n) is 9.91. The number of carbonyl (C=O) groups excluding carboxylic acids is 1. The van der Waals surface area contributed by atoms with E-state index in [0.717, 1.165) is 18.7 Å². The van der Waals surface area contributed by atoms with Crippen LogP contribution in [0.25, 0.3) is 0 Å². The number of benzene rings is 1. The average molecular weight is 237 g/mol. The Kier molecular flexibility index (Phi) is 3.74. The monoisotopic (exact) mass is 237 g/mol. The molecule has 1 aliphatic heterocycles. The first-order valence-corrected chi connectivity index (χ1v) is 5.75. The van der Waals surface area contributed by atoms with Gasteiger partial charge in [0, 0.05) is 32.5 Å². The molecule has 0 saturated carbocycles. The largest absolute Gasteiger partial charge is 0.494 e.